The van der Waals surface area contributed by atoms with Gasteiger partial charge in [-0.2, -0.15) is 13.2 Å². The number of rotatable bonds is 8. The Morgan fingerprint density at radius 3 is 2.21 bits per heavy atom. The van der Waals surface area contributed by atoms with E-state index >= 15 is 0 Å². The molecule has 0 saturated carbocycles. The smallest absolute Gasteiger partial charge is 0.379 e. The lowest BCUT2D eigenvalue weighted by molar-refractivity contribution is -0.138. The van der Waals surface area contributed by atoms with E-state index < -0.39 is 31.7 Å². The van der Waals surface area contributed by atoms with Crippen LogP contribution in [0.25, 0.3) is 0 Å². The van der Waals surface area contributed by atoms with E-state index in [9.17, 15) is 22.8 Å². The average molecular weight is 367 g/mol. The van der Waals surface area contributed by atoms with Crippen molar-refractivity contribution in [1.82, 2.24) is 4.90 Å². The Balaban J connectivity index is 2.20. The second kappa shape index (κ2) is 7.54. The molecule has 1 N–H and O–H groups in total. The van der Waals surface area contributed by atoms with Crippen molar-refractivity contribution >= 4 is 7.60 Å². The molecule has 24 heavy (non-hydrogen) atoms. The van der Waals surface area contributed by atoms with Gasteiger partial charge in [0.2, 0.25) is 0 Å². The van der Waals surface area contributed by atoms with Crippen LogP contribution in [0.3, 0.4) is 0 Å². The van der Waals surface area contributed by atoms with Crippen LogP contribution in [-0.2, 0) is 20.2 Å². The third-order valence-electron chi connectivity index (χ3n) is 3.76. The van der Waals surface area contributed by atoms with E-state index in [0.29, 0.717) is 5.56 Å². The molecule has 0 radical (unpaired) electrons. The summed E-state index contributed by atoms with van der Waals surface area (Å²) in [5.41, 5.74) is 0.670. The van der Waals surface area contributed by atoms with E-state index in [4.69, 9.17) is 9.05 Å². The van der Waals surface area contributed by atoms with Crippen molar-refractivity contribution in [2.24, 2.45) is 0 Å². The molecular weight excluding hydrogens is 346 g/mol. The summed E-state index contributed by atoms with van der Waals surface area (Å²) in [5, 5.41) is 10.3. The number of halogens is 3. The van der Waals surface area contributed by atoms with E-state index in [1.54, 1.807) is 30.3 Å². The standard InChI is InChI=1S/C15H21F3NO4P/c1-3-22-24(21,23-4-2)14(20)12-13(15(16,17)18)19(12)10-11-8-6-5-7-9-11/h5-9,12-14,20H,3-4,10H2,1-2H3/t12-,13+,14-,19?/m1/s1. The van der Waals surface area contributed by atoms with Crippen LogP contribution >= 0.6 is 7.60 Å². The van der Waals surface area contributed by atoms with Crippen molar-refractivity contribution in [2.75, 3.05) is 13.2 Å². The molecule has 1 aliphatic heterocycles. The molecule has 0 aromatic heterocycles. The highest BCUT2D eigenvalue weighted by atomic mass is 31.2. The van der Waals surface area contributed by atoms with Crippen LogP contribution in [-0.4, -0.2) is 47.3 Å². The van der Waals surface area contributed by atoms with Gasteiger partial charge in [0.1, 0.15) is 6.04 Å². The summed E-state index contributed by atoms with van der Waals surface area (Å²) in [6.07, 6.45) is -4.54. The number of aliphatic hydroxyl groups excluding tert-OH is 1. The zero-order chi connectivity index (χ0) is 18.0. The van der Waals surface area contributed by atoms with Crippen LogP contribution in [0.2, 0.25) is 0 Å². The van der Waals surface area contributed by atoms with Gasteiger partial charge >= 0.3 is 13.8 Å². The average Bonchev–Trinajstić information content (AvgIpc) is 3.22. The van der Waals surface area contributed by atoms with Crippen molar-refractivity contribution < 1.29 is 31.9 Å². The number of benzene rings is 1. The SMILES string of the molecule is CCOP(=O)(OCC)[C@@H](O)[C@H]1[C@@H](C(F)(F)F)N1Cc1ccccc1. The number of nitrogens with zero attached hydrogens (tertiary/aromatic N) is 1. The lowest BCUT2D eigenvalue weighted by Crippen LogP contribution is -2.26. The van der Waals surface area contributed by atoms with Crippen LogP contribution in [0.5, 0.6) is 0 Å². The van der Waals surface area contributed by atoms with Crippen molar-refractivity contribution in [3.63, 3.8) is 0 Å². The molecule has 1 saturated heterocycles. The lowest BCUT2D eigenvalue weighted by Gasteiger charge is -2.22. The minimum absolute atomic E-state index is 0.00894. The monoisotopic (exact) mass is 367 g/mol. The van der Waals surface area contributed by atoms with E-state index in [1.165, 1.54) is 13.8 Å². The predicted molar refractivity (Wildman–Crippen MR) is 82.5 cm³/mol. The fourth-order valence-electron chi connectivity index (χ4n) is 2.75. The highest BCUT2D eigenvalue weighted by Gasteiger charge is 2.68. The Morgan fingerprint density at radius 2 is 1.75 bits per heavy atom. The van der Waals surface area contributed by atoms with Gasteiger partial charge < -0.3 is 14.2 Å². The molecule has 1 heterocycles. The topological polar surface area (TPSA) is 58.8 Å². The molecule has 0 amide bonds. The predicted octanol–water partition coefficient (Wildman–Crippen LogP) is 3.39. The normalized spacial score (nSPS) is 25.5. The molecule has 4 atom stereocenters. The zero-order valence-corrected chi connectivity index (χ0v) is 14.3. The first-order valence-electron chi connectivity index (χ1n) is 7.67. The maximum Gasteiger partial charge on any atom is 0.405 e. The quantitative estimate of drug-likeness (QED) is 0.564. The van der Waals surface area contributed by atoms with E-state index in [2.05, 4.69) is 0 Å². The van der Waals surface area contributed by atoms with Gasteiger partial charge in [0, 0.05) is 6.54 Å². The number of aliphatic hydroxyl groups is 1. The van der Waals surface area contributed by atoms with Crippen LogP contribution in [0.4, 0.5) is 13.2 Å². The van der Waals surface area contributed by atoms with Crippen LogP contribution in [0.15, 0.2) is 30.3 Å². The summed E-state index contributed by atoms with van der Waals surface area (Å²) >= 11 is 0. The van der Waals surface area contributed by atoms with Gasteiger partial charge in [0.15, 0.2) is 5.85 Å². The fourth-order valence-corrected chi connectivity index (χ4v) is 4.56. The van der Waals surface area contributed by atoms with Crippen LogP contribution < -0.4 is 0 Å². The molecular formula is C15H21F3NO4P. The molecule has 5 nitrogen and oxygen atoms in total. The van der Waals surface area contributed by atoms with Crippen molar-refractivity contribution in [1.29, 1.82) is 0 Å². The third-order valence-corrected chi connectivity index (χ3v) is 5.95. The number of hydrogen-bond donors (Lipinski definition) is 1. The third kappa shape index (κ3) is 4.18. The van der Waals surface area contributed by atoms with Crippen molar-refractivity contribution in [2.45, 2.75) is 44.5 Å². The Hall–Kier alpha value is -0.920. The molecule has 1 unspecified atom stereocenters. The fraction of sp³-hybridized carbons (Fsp3) is 0.600. The zero-order valence-electron chi connectivity index (χ0n) is 13.4. The first kappa shape index (κ1) is 19.4. The second-order valence-electron chi connectivity index (χ2n) is 5.42. The summed E-state index contributed by atoms with van der Waals surface area (Å²) in [6, 6.07) is 5.37. The van der Waals surface area contributed by atoms with Gasteiger partial charge in [0.25, 0.3) is 0 Å². The Bertz CT molecular complexity index is 574. The molecule has 1 aromatic carbocycles. The number of hydrogen-bond acceptors (Lipinski definition) is 5. The Labute approximate surface area is 138 Å². The minimum atomic E-state index is -4.54. The molecule has 9 heteroatoms. The van der Waals surface area contributed by atoms with Gasteiger partial charge in [-0.15, -0.1) is 0 Å². The van der Waals surface area contributed by atoms with Gasteiger partial charge in [-0.25, -0.2) is 0 Å². The number of alkyl halides is 3. The molecule has 2 rings (SSSR count). The van der Waals surface area contributed by atoms with Gasteiger partial charge in [-0.3, -0.25) is 9.46 Å². The highest BCUT2D eigenvalue weighted by Crippen LogP contribution is 2.59. The molecule has 1 aromatic rings. The van der Waals surface area contributed by atoms with E-state index in [0.717, 1.165) is 4.90 Å². The summed E-state index contributed by atoms with van der Waals surface area (Å²) in [5.74, 6) is -1.85. The van der Waals surface area contributed by atoms with Gasteiger partial charge in [-0.05, 0) is 19.4 Å². The first-order chi connectivity index (χ1) is 11.2. The summed E-state index contributed by atoms with van der Waals surface area (Å²) in [6.45, 7) is 3.00. The van der Waals surface area contributed by atoms with Crippen molar-refractivity contribution in [3.8, 4) is 0 Å². The molecule has 1 fully saturated rings. The van der Waals surface area contributed by atoms with Crippen LogP contribution in [0.1, 0.15) is 19.4 Å². The van der Waals surface area contributed by atoms with Crippen LogP contribution in [0, 0.1) is 0 Å². The Kier molecular flexibility index (Phi) is 6.09. The summed E-state index contributed by atoms with van der Waals surface area (Å²) < 4.78 is 62.3. The molecule has 0 spiro atoms. The maximum absolute atomic E-state index is 13.2. The minimum Gasteiger partial charge on any atom is -0.379 e. The highest BCUT2D eigenvalue weighted by molar-refractivity contribution is 7.54. The molecule has 0 bridgehead atoms. The second-order valence-corrected chi connectivity index (χ2v) is 7.55. The van der Waals surface area contributed by atoms with Crippen molar-refractivity contribution in [3.05, 3.63) is 35.9 Å². The summed E-state index contributed by atoms with van der Waals surface area (Å²) in [7, 11) is -4.04. The van der Waals surface area contributed by atoms with E-state index in [-0.39, 0.29) is 19.8 Å². The first-order valence-corrected chi connectivity index (χ1v) is 9.29. The lowest BCUT2D eigenvalue weighted by atomic mass is 10.2. The largest absolute Gasteiger partial charge is 0.405 e. The van der Waals surface area contributed by atoms with Gasteiger partial charge in [0.05, 0.1) is 19.3 Å². The van der Waals surface area contributed by atoms with E-state index in [1.807, 2.05) is 0 Å². The van der Waals surface area contributed by atoms with Gasteiger partial charge in [-0.1, -0.05) is 30.3 Å². The maximum atomic E-state index is 13.2. The Morgan fingerprint density at radius 1 is 1.21 bits per heavy atom. The molecule has 0 aliphatic carbocycles. The molecule has 136 valence electrons. The summed E-state index contributed by atoms with van der Waals surface area (Å²) in [4.78, 5) is 1.06. The molecule has 1 aliphatic rings.